The minimum atomic E-state index is 0.234. The van der Waals surface area contributed by atoms with E-state index in [4.69, 9.17) is 0 Å². The molecule has 128 valence electrons. The summed E-state index contributed by atoms with van der Waals surface area (Å²) in [6, 6.07) is 0. The summed E-state index contributed by atoms with van der Waals surface area (Å²) in [7, 11) is 0. The van der Waals surface area contributed by atoms with Gasteiger partial charge in [0.1, 0.15) is 0 Å². The van der Waals surface area contributed by atoms with Gasteiger partial charge in [-0.25, -0.2) is 0 Å². The molecule has 1 nitrogen and oxygen atoms in total. The Hall–Kier alpha value is -0.0400. The summed E-state index contributed by atoms with van der Waals surface area (Å²) in [5, 5.41) is 3.81. The van der Waals surface area contributed by atoms with Crippen molar-refractivity contribution in [3.05, 3.63) is 0 Å². The smallest absolute Gasteiger partial charge is 0.00967 e. The second-order valence-corrected chi connectivity index (χ2v) is 8.18. The van der Waals surface area contributed by atoms with Crippen LogP contribution in [-0.2, 0) is 0 Å². The van der Waals surface area contributed by atoms with Gasteiger partial charge in [0.05, 0.1) is 0 Å². The third-order valence-electron chi connectivity index (χ3n) is 5.07. The summed E-state index contributed by atoms with van der Waals surface area (Å²) in [6.07, 6.45) is 12.4. The second kappa shape index (κ2) is 10.6. The van der Waals surface area contributed by atoms with E-state index in [0.29, 0.717) is 5.41 Å². The monoisotopic (exact) mass is 297 g/mol. The van der Waals surface area contributed by atoms with Crippen LogP contribution in [0.4, 0.5) is 0 Å². The maximum absolute atomic E-state index is 3.81. The van der Waals surface area contributed by atoms with Gasteiger partial charge < -0.3 is 5.32 Å². The Bertz CT molecular complexity index is 241. The fourth-order valence-electron chi connectivity index (χ4n) is 3.27. The Labute approximate surface area is 135 Å². The Morgan fingerprint density at radius 2 is 1.52 bits per heavy atom. The molecule has 0 radical (unpaired) electrons. The van der Waals surface area contributed by atoms with E-state index < -0.39 is 0 Å². The van der Waals surface area contributed by atoms with Crippen LogP contribution in [0.3, 0.4) is 0 Å². The molecular weight excluding hydrogens is 254 g/mol. The van der Waals surface area contributed by atoms with Crippen molar-refractivity contribution in [3.63, 3.8) is 0 Å². The molecule has 0 fully saturated rings. The maximum atomic E-state index is 3.81. The molecule has 0 aliphatic carbocycles. The lowest BCUT2D eigenvalue weighted by Gasteiger charge is -2.39. The van der Waals surface area contributed by atoms with Crippen LogP contribution in [0.2, 0.25) is 0 Å². The molecular formula is C20H43N. The van der Waals surface area contributed by atoms with Crippen LogP contribution in [0.15, 0.2) is 0 Å². The first-order chi connectivity index (χ1) is 9.82. The Balaban J connectivity index is 4.80. The molecule has 0 aromatic carbocycles. The molecule has 0 saturated heterocycles. The van der Waals surface area contributed by atoms with E-state index in [2.05, 4.69) is 53.8 Å². The van der Waals surface area contributed by atoms with Gasteiger partial charge in [0.2, 0.25) is 0 Å². The third kappa shape index (κ3) is 9.55. The van der Waals surface area contributed by atoms with Crippen LogP contribution in [-0.4, -0.2) is 12.1 Å². The van der Waals surface area contributed by atoms with Gasteiger partial charge in [0, 0.05) is 12.1 Å². The largest absolute Gasteiger partial charge is 0.312 e. The first-order valence-electron chi connectivity index (χ1n) is 9.57. The highest BCUT2D eigenvalue weighted by molar-refractivity contribution is 4.86. The lowest BCUT2D eigenvalue weighted by Crippen LogP contribution is -2.44. The standard InChI is InChI=1S/C20H43N/c1-8-12-14-18(10-3)16-20(11-4,15-13-9-2)17-21-19(5,6)7/h18,21H,8-17H2,1-7H3. The van der Waals surface area contributed by atoms with Gasteiger partial charge in [-0.3, -0.25) is 0 Å². The SMILES string of the molecule is CCCCC(CC)CC(CC)(CCCC)CNC(C)(C)C. The molecule has 2 unspecified atom stereocenters. The predicted octanol–water partition coefficient (Wildman–Crippen LogP) is 6.57. The summed E-state index contributed by atoms with van der Waals surface area (Å²) in [6.45, 7) is 17.5. The van der Waals surface area contributed by atoms with Crippen LogP contribution < -0.4 is 5.32 Å². The highest BCUT2D eigenvalue weighted by Gasteiger charge is 2.31. The lowest BCUT2D eigenvalue weighted by molar-refractivity contribution is 0.152. The molecule has 2 atom stereocenters. The molecule has 0 rings (SSSR count). The number of unbranched alkanes of at least 4 members (excludes halogenated alkanes) is 2. The van der Waals surface area contributed by atoms with Gasteiger partial charge in [0.15, 0.2) is 0 Å². The van der Waals surface area contributed by atoms with Crippen molar-refractivity contribution in [1.29, 1.82) is 0 Å². The van der Waals surface area contributed by atoms with Crippen LogP contribution in [0.5, 0.6) is 0 Å². The zero-order valence-electron chi connectivity index (χ0n) is 16.1. The molecule has 0 aromatic rings. The third-order valence-corrected chi connectivity index (χ3v) is 5.07. The molecule has 0 saturated carbocycles. The summed E-state index contributed by atoms with van der Waals surface area (Å²) in [5.74, 6) is 0.920. The predicted molar refractivity (Wildman–Crippen MR) is 97.9 cm³/mol. The zero-order valence-corrected chi connectivity index (χ0v) is 16.1. The van der Waals surface area contributed by atoms with E-state index in [1.165, 1.54) is 64.3 Å². The number of hydrogen-bond acceptors (Lipinski definition) is 1. The molecule has 0 aliphatic heterocycles. The lowest BCUT2D eigenvalue weighted by atomic mass is 9.71. The van der Waals surface area contributed by atoms with Crippen LogP contribution in [0.25, 0.3) is 0 Å². The van der Waals surface area contributed by atoms with Gasteiger partial charge in [-0.05, 0) is 51.4 Å². The van der Waals surface area contributed by atoms with E-state index >= 15 is 0 Å². The Kier molecular flexibility index (Phi) is 10.6. The van der Waals surface area contributed by atoms with Crippen LogP contribution >= 0.6 is 0 Å². The molecule has 0 bridgehead atoms. The highest BCUT2D eigenvalue weighted by atomic mass is 15.0. The van der Waals surface area contributed by atoms with E-state index in [1.807, 2.05) is 0 Å². The minimum absolute atomic E-state index is 0.234. The molecule has 1 heteroatoms. The van der Waals surface area contributed by atoms with Gasteiger partial charge in [-0.2, -0.15) is 0 Å². The number of rotatable bonds is 12. The van der Waals surface area contributed by atoms with Gasteiger partial charge in [-0.15, -0.1) is 0 Å². The van der Waals surface area contributed by atoms with Crippen molar-refractivity contribution in [3.8, 4) is 0 Å². The van der Waals surface area contributed by atoms with Crippen LogP contribution in [0, 0.1) is 11.3 Å². The van der Waals surface area contributed by atoms with E-state index in [9.17, 15) is 0 Å². The normalized spacial score (nSPS) is 16.7. The second-order valence-electron chi connectivity index (χ2n) is 8.18. The average Bonchev–Trinajstić information content (AvgIpc) is 2.45. The zero-order chi connectivity index (χ0) is 16.4. The van der Waals surface area contributed by atoms with Crippen molar-refractivity contribution < 1.29 is 0 Å². The first-order valence-corrected chi connectivity index (χ1v) is 9.57. The van der Waals surface area contributed by atoms with E-state index in [0.717, 1.165) is 5.92 Å². The van der Waals surface area contributed by atoms with Crippen molar-refractivity contribution in [1.82, 2.24) is 5.32 Å². The molecule has 21 heavy (non-hydrogen) atoms. The van der Waals surface area contributed by atoms with Crippen molar-refractivity contribution in [2.75, 3.05) is 6.54 Å². The molecule has 0 aliphatic rings. The van der Waals surface area contributed by atoms with Crippen molar-refractivity contribution in [2.45, 2.75) is 112 Å². The quantitative estimate of drug-likeness (QED) is 0.429. The maximum Gasteiger partial charge on any atom is 0.00967 e. The number of hydrogen-bond donors (Lipinski definition) is 1. The molecule has 0 aromatic heterocycles. The summed E-state index contributed by atoms with van der Waals surface area (Å²) < 4.78 is 0. The van der Waals surface area contributed by atoms with Gasteiger partial charge in [-0.1, -0.05) is 66.2 Å². The van der Waals surface area contributed by atoms with Crippen molar-refractivity contribution in [2.24, 2.45) is 11.3 Å². The molecule has 0 amide bonds. The fourth-order valence-corrected chi connectivity index (χ4v) is 3.27. The average molecular weight is 298 g/mol. The minimum Gasteiger partial charge on any atom is -0.312 e. The van der Waals surface area contributed by atoms with Gasteiger partial charge >= 0.3 is 0 Å². The summed E-state index contributed by atoms with van der Waals surface area (Å²) in [4.78, 5) is 0. The van der Waals surface area contributed by atoms with Crippen molar-refractivity contribution >= 4 is 0 Å². The fraction of sp³-hybridized carbons (Fsp3) is 1.00. The van der Waals surface area contributed by atoms with Crippen LogP contribution in [0.1, 0.15) is 106 Å². The van der Waals surface area contributed by atoms with E-state index in [1.54, 1.807) is 0 Å². The molecule has 0 heterocycles. The van der Waals surface area contributed by atoms with Gasteiger partial charge in [0.25, 0.3) is 0 Å². The van der Waals surface area contributed by atoms with E-state index in [-0.39, 0.29) is 5.54 Å². The Morgan fingerprint density at radius 1 is 0.905 bits per heavy atom. The summed E-state index contributed by atoms with van der Waals surface area (Å²) >= 11 is 0. The summed E-state index contributed by atoms with van der Waals surface area (Å²) in [5.41, 5.74) is 0.746. The molecule has 1 N–H and O–H groups in total. The topological polar surface area (TPSA) is 12.0 Å². The molecule has 0 spiro atoms. The number of nitrogens with one attached hydrogen (secondary N) is 1. The first kappa shape index (κ1) is 21.0. The highest BCUT2D eigenvalue weighted by Crippen LogP contribution is 2.38. The Morgan fingerprint density at radius 3 is 1.95 bits per heavy atom.